The third kappa shape index (κ3) is 4.98. The third-order valence-corrected chi connectivity index (χ3v) is 6.78. The summed E-state index contributed by atoms with van der Waals surface area (Å²) >= 11 is 6.28. The zero-order valence-corrected chi connectivity index (χ0v) is 20.7. The van der Waals surface area contributed by atoms with Gasteiger partial charge in [-0.15, -0.1) is 0 Å². The smallest absolute Gasteiger partial charge is 0.253 e. The predicted octanol–water partition coefficient (Wildman–Crippen LogP) is 5.59. The topological polar surface area (TPSA) is 96.5 Å². The Bertz CT molecular complexity index is 1580. The van der Waals surface area contributed by atoms with Crippen LogP contribution < -0.4 is 11.1 Å². The molecule has 0 atom stereocenters. The molecule has 4 aromatic rings. The number of rotatable bonds is 4. The van der Waals surface area contributed by atoms with E-state index < -0.39 is 11.6 Å². The van der Waals surface area contributed by atoms with E-state index in [1.165, 1.54) is 18.2 Å². The molecule has 2 aliphatic rings. The van der Waals surface area contributed by atoms with Crippen molar-refractivity contribution in [2.45, 2.75) is 20.0 Å². The summed E-state index contributed by atoms with van der Waals surface area (Å²) < 4.78 is 29.5. The largest absolute Gasteiger partial charge is 0.335 e. The average Bonchev–Trinajstić information content (AvgIpc) is 3.03. The Labute approximate surface area is 229 Å². The molecular formula is C29H25ClF2N6O. The van der Waals surface area contributed by atoms with Crippen LogP contribution in [0.25, 0.3) is 11.3 Å². The van der Waals surface area contributed by atoms with E-state index in [9.17, 15) is 13.6 Å². The molecule has 3 N–H and O–H groups in total. The van der Waals surface area contributed by atoms with Crippen LogP contribution in [-0.2, 0) is 6.54 Å². The predicted molar refractivity (Wildman–Crippen MR) is 149 cm³/mol. The lowest BCUT2D eigenvalue weighted by atomic mass is 9.95. The minimum absolute atomic E-state index is 0. The molecule has 7 nitrogen and oxygen atoms in total. The van der Waals surface area contributed by atoms with Crippen molar-refractivity contribution in [2.24, 2.45) is 10.7 Å². The second-order valence-electron chi connectivity index (χ2n) is 9.19. The molecule has 1 saturated heterocycles. The molecule has 0 radical (unpaired) electrons. The number of amides is 1. The van der Waals surface area contributed by atoms with E-state index in [1.807, 2.05) is 0 Å². The fourth-order valence-corrected chi connectivity index (χ4v) is 4.78. The van der Waals surface area contributed by atoms with Crippen molar-refractivity contribution in [1.29, 1.82) is 0 Å². The number of carbonyl (C=O) groups is 1. The molecule has 0 bridgehead atoms. The second kappa shape index (κ2) is 10.5. The summed E-state index contributed by atoms with van der Waals surface area (Å²) in [6.45, 7) is 1.24. The molecular weight excluding hydrogens is 522 g/mol. The number of nitrogens with two attached hydrogens (primary N) is 1. The quantitative estimate of drug-likeness (QED) is 0.348. The van der Waals surface area contributed by atoms with Crippen LogP contribution in [0.15, 0.2) is 71.9 Å². The van der Waals surface area contributed by atoms with Gasteiger partial charge in [-0.05, 0) is 48.5 Å². The summed E-state index contributed by atoms with van der Waals surface area (Å²) in [7, 11) is 0. The normalized spacial score (nSPS) is 14.3. The van der Waals surface area contributed by atoms with Crippen LogP contribution in [0.1, 0.15) is 34.5 Å². The second-order valence-corrected chi connectivity index (χ2v) is 9.63. The Hall–Kier alpha value is -4.21. The zero-order chi connectivity index (χ0) is 26.4. The highest BCUT2D eigenvalue weighted by molar-refractivity contribution is 6.31. The molecule has 3 aromatic carbocycles. The summed E-state index contributed by atoms with van der Waals surface area (Å²) in [5.74, 6) is -1.17. The van der Waals surface area contributed by atoms with Crippen LogP contribution in [0.5, 0.6) is 0 Å². The number of anilines is 2. The number of hydrogen-bond acceptors (Lipinski definition) is 6. The van der Waals surface area contributed by atoms with E-state index in [1.54, 1.807) is 53.6 Å². The number of halogens is 3. The van der Waals surface area contributed by atoms with Crippen LogP contribution in [0, 0.1) is 11.6 Å². The maximum atomic E-state index is 14.7. The molecule has 3 heterocycles. The van der Waals surface area contributed by atoms with Crippen molar-refractivity contribution in [3.8, 4) is 11.3 Å². The molecule has 6 rings (SSSR count). The van der Waals surface area contributed by atoms with Gasteiger partial charge in [0, 0.05) is 58.3 Å². The lowest BCUT2D eigenvalue weighted by Crippen LogP contribution is -2.57. The first kappa shape index (κ1) is 26.4. The first-order chi connectivity index (χ1) is 18.4. The first-order valence-corrected chi connectivity index (χ1v) is 12.3. The lowest BCUT2D eigenvalue weighted by Gasteiger charge is -2.36. The van der Waals surface area contributed by atoms with E-state index in [0.29, 0.717) is 57.7 Å². The highest BCUT2D eigenvalue weighted by atomic mass is 35.5. The van der Waals surface area contributed by atoms with Crippen molar-refractivity contribution < 1.29 is 13.6 Å². The SMILES string of the molecule is C.NC1CN(C(=O)c2ccc(Nc3ncc4c(n3)-c3ccc(Cl)cc3C(c3c(F)cccc3F)=NC4)cc2)C1. The van der Waals surface area contributed by atoms with Crippen molar-refractivity contribution in [2.75, 3.05) is 18.4 Å². The van der Waals surface area contributed by atoms with Crippen molar-refractivity contribution in [1.82, 2.24) is 14.9 Å². The van der Waals surface area contributed by atoms with Gasteiger partial charge in [0.1, 0.15) is 11.6 Å². The highest BCUT2D eigenvalue weighted by Crippen LogP contribution is 2.34. The summed E-state index contributed by atoms with van der Waals surface area (Å²) in [5, 5.41) is 3.56. The monoisotopic (exact) mass is 546 g/mol. The number of hydrogen-bond donors (Lipinski definition) is 2. The molecule has 39 heavy (non-hydrogen) atoms. The molecule has 1 amide bonds. The van der Waals surface area contributed by atoms with Gasteiger partial charge in [0.15, 0.2) is 0 Å². The van der Waals surface area contributed by atoms with Gasteiger partial charge < -0.3 is 16.0 Å². The van der Waals surface area contributed by atoms with Crippen LogP contribution in [0.4, 0.5) is 20.4 Å². The van der Waals surface area contributed by atoms with Crippen molar-refractivity contribution in [3.05, 3.63) is 106 Å². The van der Waals surface area contributed by atoms with Crippen LogP contribution >= 0.6 is 11.6 Å². The molecule has 1 aromatic heterocycles. The zero-order valence-electron chi connectivity index (χ0n) is 20.0. The number of aliphatic imine (C=N–C) groups is 1. The molecule has 0 unspecified atom stereocenters. The Morgan fingerprint density at radius 2 is 1.74 bits per heavy atom. The Balaban J connectivity index is 0.00000308. The average molecular weight is 547 g/mol. The van der Waals surface area contributed by atoms with Gasteiger partial charge in [-0.1, -0.05) is 31.2 Å². The number of fused-ring (bicyclic) bond motifs is 3. The third-order valence-electron chi connectivity index (χ3n) is 6.55. The minimum Gasteiger partial charge on any atom is -0.335 e. The van der Waals surface area contributed by atoms with Gasteiger partial charge in [-0.25, -0.2) is 18.7 Å². The van der Waals surface area contributed by atoms with Gasteiger partial charge in [0.25, 0.3) is 5.91 Å². The van der Waals surface area contributed by atoms with E-state index in [-0.39, 0.29) is 37.2 Å². The van der Waals surface area contributed by atoms with Gasteiger partial charge in [-0.3, -0.25) is 9.79 Å². The number of nitrogens with one attached hydrogen (secondary N) is 1. The highest BCUT2D eigenvalue weighted by Gasteiger charge is 2.28. The van der Waals surface area contributed by atoms with E-state index in [0.717, 1.165) is 0 Å². The van der Waals surface area contributed by atoms with Gasteiger partial charge in [0.2, 0.25) is 5.95 Å². The lowest BCUT2D eigenvalue weighted by molar-refractivity contribution is 0.0608. The Kier molecular flexibility index (Phi) is 7.12. The number of carbonyl (C=O) groups excluding carboxylic acids is 1. The minimum atomic E-state index is -0.715. The van der Waals surface area contributed by atoms with Gasteiger partial charge in [0.05, 0.1) is 23.5 Å². The first-order valence-electron chi connectivity index (χ1n) is 11.9. The van der Waals surface area contributed by atoms with Crippen molar-refractivity contribution >= 4 is 34.9 Å². The van der Waals surface area contributed by atoms with Gasteiger partial charge in [-0.2, -0.15) is 0 Å². The molecule has 0 aliphatic carbocycles. The van der Waals surface area contributed by atoms with E-state index >= 15 is 0 Å². The standard InChI is InChI=1S/C28H21ClF2N6O.CH4/c29-17-6-9-20-21(10-17)26(24-22(30)2-1-3-23(24)31)33-11-16-12-34-28(36-25(16)20)35-19-7-4-15(5-8-19)27(38)37-13-18(32)14-37;/h1-10,12,18H,11,13-14,32H2,(H,34,35,36);1H4. The van der Waals surface area contributed by atoms with E-state index in [4.69, 9.17) is 22.3 Å². The van der Waals surface area contributed by atoms with Gasteiger partial charge >= 0.3 is 0 Å². The molecule has 0 saturated carbocycles. The molecule has 1 fully saturated rings. The summed E-state index contributed by atoms with van der Waals surface area (Å²) in [6.07, 6.45) is 1.64. The number of nitrogens with zero attached hydrogens (tertiary/aromatic N) is 4. The summed E-state index contributed by atoms with van der Waals surface area (Å²) in [4.78, 5) is 27.9. The fourth-order valence-electron chi connectivity index (χ4n) is 4.61. The van der Waals surface area contributed by atoms with Crippen LogP contribution in [-0.4, -0.2) is 45.6 Å². The maximum Gasteiger partial charge on any atom is 0.253 e. The molecule has 0 spiro atoms. The van der Waals surface area contributed by atoms with Crippen LogP contribution in [0.2, 0.25) is 5.02 Å². The maximum absolute atomic E-state index is 14.7. The number of likely N-dealkylation sites (tertiary alicyclic amines) is 1. The summed E-state index contributed by atoms with van der Waals surface area (Å²) in [6, 6.07) is 15.9. The molecule has 10 heteroatoms. The summed E-state index contributed by atoms with van der Waals surface area (Å²) in [5.41, 5.74) is 9.35. The number of aromatic nitrogens is 2. The number of benzene rings is 3. The van der Waals surface area contributed by atoms with Crippen molar-refractivity contribution in [3.63, 3.8) is 0 Å². The fraction of sp³-hybridized carbons (Fsp3) is 0.172. The van der Waals surface area contributed by atoms with Crippen LogP contribution in [0.3, 0.4) is 0 Å². The Morgan fingerprint density at radius 3 is 2.44 bits per heavy atom. The molecule has 2 aliphatic heterocycles. The Morgan fingerprint density at radius 1 is 1.03 bits per heavy atom. The molecule has 198 valence electrons. The van der Waals surface area contributed by atoms with E-state index in [2.05, 4.69) is 15.3 Å².